The first-order valence-corrected chi connectivity index (χ1v) is 9.31. The number of nitrogens with zero attached hydrogens (tertiary/aromatic N) is 3. The highest BCUT2D eigenvalue weighted by Crippen LogP contribution is 2.30. The van der Waals surface area contributed by atoms with Gasteiger partial charge in [-0.25, -0.2) is 0 Å². The molecule has 1 aliphatic heterocycles. The number of rotatable bonds is 5. The topological polar surface area (TPSA) is 148 Å². The van der Waals surface area contributed by atoms with Gasteiger partial charge in [-0.3, -0.25) is 25.7 Å². The van der Waals surface area contributed by atoms with Gasteiger partial charge in [0.15, 0.2) is 11.5 Å². The minimum atomic E-state index is -0.719. The predicted octanol–water partition coefficient (Wildman–Crippen LogP) is 2.75. The summed E-state index contributed by atoms with van der Waals surface area (Å²) in [5, 5.41) is 26.0. The van der Waals surface area contributed by atoms with Crippen molar-refractivity contribution in [1.82, 2.24) is 0 Å². The van der Waals surface area contributed by atoms with Crippen LogP contribution in [0.4, 0.5) is 17.1 Å². The van der Waals surface area contributed by atoms with Crippen molar-refractivity contribution in [3.05, 3.63) is 62.2 Å². The lowest BCUT2D eigenvalue weighted by Gasteiger charge is -2.15. The molecule has 0 atom stereocenters. The highest BCUT2D eigenvalue weighted by molar-refractivity contribution is 5.82. The molecule has 1 aliphatic rings. The fourth-order valence-electron chi connectivity index (χ4n) is 2.64. The van der Waals surface area contributed by atoms with E-state index in [1.54, 1.807) is 18.2 Å². The van der Waals surface area contributed by atoms with Crippen LogP contribution in [0.25, 0.3) is 0 Å². The van der Waals surface area contributed by atoms with E-state index in [9.17, 15) is 20.2 Å². The van der Waals surface area contributed by atoms with Crippen LogP contribution in [0.15, 0.2) is 41.5 Å². The Hall–Kier alpha value is -3.77. The fraction of sp³-hybridized carbons (Fsp3) is 0.316. The number of hydrazone groups is 1. The summed E-state index contributed by atoms with van der Waals surface area (Å²) in [5.74, 6) is 1.04. The quantitative estimate of drug-likeness (QED) is 0.428. The summed E-state index contributed by atoms with van der Waals surface area (Å²) in [6.07, 6.45) is 1.44. The number of non-ortho nitro benzene ring substituents is 1. The third kappa shape index (κ3) is 6.35. The molecule has 0 unspecified atom stereocenters. The van der Waals surface area contributed by atoms with E-state index in [-0.39, 0.29) is 11.4 Å². The summed E-state index contributed by atoms with van der Waals surface area (Å²) in [6.45, 7) is 2.46. The predicted molar refractivity (Wildman–Crippen MR) is 110 cm³/mol. The SMILES string of the molecule is O=[N+]([O-])c1ccc(N/N=C/c2ccc3c(c2)OCCOCCOCCO3)c([N+](=O)[O-])c1. The smallest absolute Gasteiger partial charge is 0.301 e. The number of fused-ring (bicyclic) bond motifs is 1. The fourth-order valence-corrected chi connectivity index (χ4v) is 2.64. The molecule has 12 nitrogen and oxygen atoms in total. The standard InChI is InChI=1S/C19H20N4O8/c24-22(25)15-2-3-16(17(12-15)23(26)27)21-20-13-14-1-4-18-19(11-14)31-10-8-29-6-5-28-7-9-30-18/h1-4,11-13,21H,5-10H2/b20-13+. The summed E-state index contributed by atoms with van der Waals surface area (Å²) in [5.41, 5.74) is 2.37. The van der Waals surface area contributed by atoms with Crippen molar-refractivity contribution in [1.29, 1.82) is 0 Å². The molecular weight excluding hydrogens is 412 g/mol. The summed E-state index contributed by atoms with van der Waals surface area (Å²) in [6, 6.07) is 8.42. The summed E-state index contributed by atoms with van der Waals surface area (Å²) in [4.78, 5) is 20.6. The summed E-state index contributed by atoms with van der Waals surface area (Å²) in [7, 11) is 0. The average molecular weight is 432 g/mol. The van der Waals surface area contributed by atoms with Crippen LogP contribution in [0.2, 0.25) is 0 Å². The Morgan fingerprint density at radius 1 is 0.839 bits per heavy atom. The van der Waals surface area contributed by atoms with Gasteiger partial charge >= 0.3 is 5.69 Å². The minimum Gasteiger partial charge on any atom is -0.487 e. The summed E-state index contributed by atoms with van der Waals surface area (Å²) >= 11 is 0. The molecule has 0 saturated heterocycles. The molecule has 0 radical (unpaired) electrons. The molecule has 0 saturated carbocycles. The van der Waals surface area contributed by atoms with Crippen LogP contribution in [-0.4, -0.2) is 55.7 Å². The van der Waals surface area contributed by atoms with E-state index in [1.807, 2.05) is 0 Å². The minimum absolute atomic E-state index is 0.0230. The number of hydrogen-bond donors (Lipinski definition) is 1. The van der Waals surface area contributed by atoms with Gasteiger partial charge in [-0.05, 0) is 29.8 Å². The number of hydrogen-bond acceptors (Lipinski definition) is 10. The van der Waals surface area contributed by atoms with E-state index >= 15 is 0 Å². The van der Waals surface area contributed by atoms with Crippen molar-refractivity contribution < 1.29 is 28.8 Å². The van der Waals surface area contributed by atoms with Gasteiger partial charge in [0, 0.05) is 6.07 Å². The normalized spacial score (nSPS) is 15.0. The molecule has 0 fully saturated rings. The van der Waals surface area contributed by atoms with E-state index in [0.717, 1.165) is 12.1 Å². The van der Waals surface area contributed by atoms with Crippen molar-refractivity contribution in [3.63, 3.8) is 0 Å². The van der Waals surface area contributed by atoms with Crippen molar-refractivity contribution in [2.45, 2.75) is 0 Å². The van der Waals surface area contributed by atoms with Gasteiger partial charge in [-0.2, -0.15) is 5.10 Å². The first-order chi connectivity index (χ1) is 15.0. The number of nitrogens with one attached hydrogen (secondary N) is 1. The van der Waals surface area contributed by atoms with Crippen molar-refractivity contribution in [2.75, 3.05) is 45.1 Å². The third-order valence-electron chi connectivity index (χ3n) is 4.10. The molecule has 12 heteroatoms. The first-order valence-electron chi connectivity index (χ1n) is 9.31. The maximum Gasteiger partial charge on any atom is 0.301 e. The molecule has 0 bridgehead atoms. The van der Waals surface area contributed by atoms with Crippen molar-refractivity contribution >= 4 is 23.3 Å². The highest BCUT2D eigenvalue weighted by atomic mass is 16.6. The molecule has 1 heterocycles. The lowest BCUT2D eigenvalue weighted by Crippen LogP contribution is -2.15. The monoisotopic (exact) mass is 432 g/mol. The van der Waals surface area contributed by atoms with Crippen LogP contribution in [0.5, 0.6) is 11.5 Å². The molecule has 0 aliphatic carbocycles. The molecule has 0 spiro atoms. The Morgan fingerprint density at radius 2 is 1.52 bits per heavy atom. The van der Waals surface area contributed by atoms with Gasteiger partial charge < -0.3 is 18.9 Å². The zero-order valence-corrected chi connectivity index (χ0v) is 16.4. The number of nitro benzene ring substituents is 2. The molecule has 31 heavy (non-hydrogen) atoms. The molecule has 0 aromatic heterocycles. The molecule has 3 rings (SSSR count). The van der Waals surface area contributed by atoms with Crippen molar-refractivity contribution in [3.8, 4) is 11.5 Å². The van der Waals surface area contributed by atoms with E-state index in [0.29, 0.717) is 56.7 Å². The lowest BCUT2D eigenvalue weighted by atomic mass is 10.2. The number of anilines is 1. The van der Waals surface area contributed by atoms with Crippen LogP contribution in [0, 0.1) is 20.2 Å². The lowest BCUT2D eigenvalue weighted by molar-refractivity contribution is -0.393. The van der Waals surface area contributed by atoms with Crippen LogP contribution >= 0.6 is 0 Å². The molecule has 2 aromatic carbocycles. The van der Waals surface area contributed by atoms with Gasteiger partial charge in [0.1, 0.15) is 18.9 Å². The van der Waals surface area contributed by atoms with Gasteiger partial charge in [0.05, 0.1) is 48.6 Å². The Balaban J connectivity index is 1.73. The maximum atomic E-state index is 11.2. The largest absolute Gasteiger partial charge is 0.487 e. The molecule has 164 valence electrons. The zero-order chi connectivity index (χ0) is 22.1. The van der Waals surface area contributed by atoms with Gasteiger partial charge in [-0.1, -0.05) is 0 Å². The zero-order valence-electron chi connectivity index (χ0n) is 16.4. The van der Waals surface area contributed by atoms with Crippen LogP contribution in [0.1, 0.15) is 5.56 Å². The molecule has 1 N–H and O–H groups in total. The average Bonchev–Trinajstić information content (AvgIpc) is 2.74. The van der Waals surface area contributed by atoms with Gasteiger partial charge in [0.2, 0.25) is 0 Å². The molecular formula is C19H20N4O8. The Morgan fingerprint density at radius 3 is 2.19 bits per heavy atom. The van der Waals surface area contributed by atoms with Crippen LogP contribution in [-0.2, 0) is 9.47 Å². The number of ether oxygens (including phenoxy) is 4. The maximum absolute atomic E-state index is 11.2. The second kappa shape index (κ2) is 10.8. The Kier molecular flexibility index (Phi) is 7.67. The number of benzene rings is 2. The van der Waals surface area contributed by atoms with E-state index < -0.39 is 15.5 Å². The van der Waals surface area contributed by atoms with Gasteiger partial charge in [0.25, 0.3) is 5.69 Å². The first kappa shape index (κ1) is 21.9. The molecule has 0 amide bonds. The third-order valence-corrected chi connectivity index (χ3v) is 4.10. The molecule has 2 aromatic rings. The second-order valence-corrected chi connectivity index (χ2v) is 6.21. The van der Waals surface area contributed by atoms with Crippen LogP contribution in [0.3, 0.4) is 0 Å². The van der Waals surface area contributed by atoms with E-state index in [1.165, 1.54) is 12.3 Å². The van der Waals surface area contributed by atoms with Crippen LogP contribution < -0.4 is 14.9 Å². The summed E-state index contributed by atoms with van der Waals surface area (Å²) < 4.78 is 22.2. The highest BCUT2D eigenvalue weighted by Gasteiger charge is 2.19. The Labute approximate surface area is 176 Å². The Bertz CT molecular complexity index is 966. The van der Waals surface area contributed by atoms with Crippen molar-refractivity contribution in [2.24, 2.45) is 5.10 Å². The van der Waals surface area contributed by atoms with E-state index in [2.05, 4.69) is 10.5 Å². The second-order valence-electron chi connectivity index (χ2n) is 6.21. The van der Waals surface area contributed by atoms with Gasteiger partial charge in [-0.15, -0.1) is 0 Å². The van der Waals surface area contributed by atoms with E-state index in [4.69, 9.17) is 18.9 Å². The number of nitro groups is 2.